The molecule has 130 valence electrons. The summed E-state index contributed by atoms with van der Waals surface area (Å²) in [4.78, 5) is 15.7. The van der Waals surface area contributed by atoms with E-state index in [1.54, 1.807) is 17.4 Å². The van der Waals surface area contributed by atoms with Crippen molar-refractivity contribution in [3.05, 3.63) is 62.9 Å². The molecule has 0 saturated heterocycles. The SMILES string of the molecule is CN(C)[C@H](CNC(=O)c1cc(-c2ccc(Br)cc2)on1)c1cccs1. The number of benzene rings is 1. The lowest BCUT2D eigenvalue weighted by Crippen LogP contribution is -2.34. The summed E-state index contributed by atoms with van der Waals surface area (Å²) in [7, 11) is 4.00. The molecular formula is C18H18BrN3O2S. The summed E-state index contributed by atoms with van der Waals surface area (Å²) in [6.07, 6.45) is 0. The highest BCUT2D eigenvalue weighted by molar-refractivity contribution is 9.10. The molecule has 3 aromatic rings. The van der Waals surface area contributed by atoms with Crippen LogP contribution in [0.4, 0.5) is 0 Å². The Labute approximate surface area is 158 Å². The van der Waals surface area contributed by atoms with Crippen molar-refractivity contribution in [1.29, 1.82) is 0 Å². The van der Waals surface area contributed by atoms with Crippen molar-refractivity contribution < 1.29 is 9.32 Å². The minimum Gasteiger partial charge on any atom is -0.355 e. The predicted octanol–water partition coefficient (Wildman–Crippen LogP) is 4.20. The molecule has 25 heavy (non-hydrogen) atoms. The molecule has 5 nitrogen and oxygen atoms in total. The average Bonchev–Trinajstić information content (AvgIpc) is 3.27. The fourth-order valence-corrected chi connectivity index (χ4v) is 3.62. The lowest BCUT2D eigenvalue weighted by atomic mass is 10.1. The number of hydrogen-bond acceptors (Lipinski definition) is 5. The molecule has 0 fully saturated rings. The normalized spacial score (nSPS) is 12.3. The van der Waals surface area contributed by atoms with Gasteiger partial charge in [-0.2, -0.15) is 0 Å². The van der Waals surface area contributed by atoms with E-state index in [4.69, 9.17) is 4.52 Å². The van der Waals surface area contributed by atoms with E-state index >= 15 is 0 Å². The van der Waals surface area contributed by atoms with E-state index in [1.165, 1.54) is 4.88 Å². The molecule has 1 amide bonds. The van der Waals surface area contributed by atoms with Crippen LogP contribution in [-0.2, 0) is 0 Å². The number of halogens is 1. The molecule has 0 radical (unpaired) electrons. The number of nitrogens with zero attached hydrogens (tertiary/aromatic N) is 2. The number of carbonyl (C=O) groups excluding carboxylic acids is 1. The Morgan fingerprint density at radius 2 is 2.08 bits per heavy atom. The number of nitrogens with one attached hydrogen (secondary N) is 1. The second-order valence-corrected chi connectivity index (χ2v) is 7.68. The summed E-state index contributed by atoms with van der Waals surface area (Å²) >= 11 is 5.07. The zero-order valence-electron chi connectivity index (χ0n) is 13.9. The third-order valence-corrected chi connectivity index (χ3v) is 5.32. The van der Waals surface area contributed by atoms with Gasteiger partial charge in [-0.05, 0) is 37.7 Å². The number of carbonyl (C=O) groups is 1. The van der Waals surface area contributed by atoms with Crippen LogP contribution >= 0.6 is 27.3 Å². The van der Waals surface area contributed by atoms with Crippen LogP contribution in [0.25, 0.3) is 11.3 Å². The van der Waals surface area contributed by atoms with Crippen LogP contribution in [-0.4, -0.2) is 36.6 Å². The summed E-state index contributed by atoms with van der Waals surface area (Å²) in [5.74, 6) is 0.329. The molecule has 1 N–H and O–H groups in total. The Balaban J connectivity index is 1.66. The van der Waals surface area contributed by atoms with Gasteiger partial charge in [-0.15, -0.1) is 11.3 Å². The van der Waals surface area contributed by atoms with Gasteiger partial charge in [-0.3, -0.25) is 4.79 Å². The topological polar surface area (TPSA) is 58.4 Å². The van der Waals surface area contributed by atoms with E-state index < -0.39 is 0 Å². The Kier molecular flexibility index (Phi) is 5.67. The van der Waals surface area contributed by atoms with Crippen LogP contribution in [0.2, 0.25) is 0 Å². The van der Waals surface area contributed by atoms with Crippen LogP contribution in [0.5, 0.6) is 0 Å². The molecule has 2 aromatic heterocycles. The molecule has 0 unspecified atom stereocenters. The van der Waals surface area contributed by atoms with E-state index in [-0.39, 0.29) is 17.6 Å². The largest absolute Gasteiger partial charge is 0.355 e. The zero-order valence-corrected chi connectivity index (χ0v) is 16.3. The third kappa shape index (κ3) is 4.36. The first-order chi connectivity index (χ1) is 12.0. The highest BCUT2D eigenvalue weighted by Crippen LogP contribution is 2.24. The van der Waals surface area contributed by atoms with Gasteiger partial charge in [0.2, 0.25) is 0 Å². The molecule has 7 heteroatoms. The summed E-state index contributed by atoms with van der Waals surface area (Å²) in [6.45, 7) is 0.507. The van der Waals surface area contributed by atoms with Crippen LogP contribution in [0.3, 0.4) is 0 Å². The summed E-state index contributed by atoms with van der Waals surface area (Å²) in [5, 5.41) is 8.87. The maximum absolute atomic E-state index is 12.4. The number of amides is 1. The third-order valence-electron chi connectivity index (χ3n) is 3.82. The predicted molar refractivity (Wildman–Crippen MR) is 103 cm³/mol. The van der Waals surface area contributed by atoms with E-state index in [0.29, 0.717) is 12.3 Å². The first kappa shape index (κ1) is 17.8. The van der Waals surface area contributed by atoms with Crippen molar-refractivity contribution in [2.45, 2.75) is 6.04 Å². The second kappa shape index (κ2) is 7.95. The van der Waals surface area contributed by atoms with E-state index in [2.05, 4.69) is 37.4 Å². The van der Waals surface area contributed by atoms with Crippen LogP contribution in [0.15, 0.2) is 56.8 Å². The van der Waals surface area contributed by atoms with Crippen molar-refractivity contribution in [3.63, 3.8) is 0 Å². The van der Waals surface area contributed by atoms with Gasteiger partial charge >= 0.3 is 0 Å². The molecule has 0 aliphatic carbocycles. The molecule has 1 atom stereocenters. The fraction of sp³-hybridized carbons (Fsp3) is 0.222. The fourth-order valence-electron chi connectivity index (χ4n) is 2.43. The zero-order chi connectivity index (χ0) is 17.8. The maximum atomic E-state index is 12.4. The van der Waals surface area contributed by atoms with Crippen LogP contribution in [0.1, 0.15) is 21.4 Å². The van der Waals surface area contributed by atoms with Crippen molar-refractivity contribution in [3.8, 4) is 11.3 Å². The summed E-state index contributed by atoms with van der Waals surface area (Å²) in [6, 6.07) is 13.5. The lowest BCUT2D eigenvalue weighted by Gasteiger charge is -2.23. The van der Waals surface area contributed by atoms with Crippen molar-refractivity contribution in [2.24, 2.45) is 0 Å². The molecule has 0 aliphatic heterocycles. The Morgan fingerprint density at radius 1 is 1.32 bits per heavy atom. The Bertz CT molecular complexity index is 828. The van der Waals surface area contributed by atoms with Gasteiger partial charge in [-0.1, -0.05) is 39.3 Å². The standard InChI is InChI=1S/C18H18BrN3O2S/c1-22(2)15(17-4-3-9-25-17)11-20-18(23)14-10-16(24-21-14)12-5-7-13(19)8-6-12/h3-10,15H,11H2,1-2H3,(H,20,23)/t15-/m1/s1. The van der Waals surface area contributed by atoms with Gasteiger partial charge in [0, 0.05) is 27.5 Å². The molecule has 0 saturated carbocycles. The number of hydrogen-bond donors (Lipinski definition) is 1. The van der Waals surface area contributed by atoms with Gasteiger partial charge in [0.15, 0.2) is 11.5 Å². The summed E-state index contributed by atoms with van der Waals surface area (Å²) in [5.41, 5.74) is 1.15. The minimum atomic E-state index is -0.240. The monoisotopic (exact) mass is 419 g/mol. The van der Waals surface area contributed by atoms with E-state index in [1.807, 2.05) is 49.8 Å². The lowest BCUT2D eigenvalue weighted by molar-refractivity contribution is 0.0933. The molecule has 2 heterocycles. The Morgan fingerprint density at radius 3 is 2.72 bits per heavy atom. The highest BCUT2D eigenvalue weighted by Gasteiger charge is 2.19. The van der Waals surface area contributed by atoms with Gasteiger partial charge in [0.05, 0.1) is 6.04 Å². The summed E-state index contributed by atoms with van der Waals surface area (Å²) < 4.78 is 6.29. The molecule has 0 spiro atoms. The van der Waals surface area contributed by atoms with Crippen molar-refractivity contribution in [2.75, 3.05) is 20.6 Å². The first-order valence-corrected chi connectivity index (χ1v) is 9.42. The number of likely N-dealkylation sites (N-methyl/N-ethyl adjacent to an activating group) is 1. The van der Waals surface area contributed by atoms with Crippen LogP contribution < -0.4 is 5.32 Å². The first-order valence-electron chi connectivity index (χ1n) is 7.75. The molecule has 3 rings (SSSR count). The molecule has 1 aromatic carbocycles. The van der Waals surface area contributed by atoms with Gasteiger partial charge < -0.3 is 14.7 Å². The quantitative estimate of drug-likeness (QED) is 0.650. The van der Waals surface area contributed by atoms with Crippen molar-refractivity contribution >= 4 is 33.2 Å². The number of rotatable bonds is 6. The molecule has 0 aliphatic rings. The second-order valence-electron chi connectivity index (χ2n) is 5.79. The number of thiophene rings is 1. The van der Waals surface area contributed by atoms with Gasteiger partial charge in [0.25, 0.3) is 5.91 Å². The van der Waals surface area contributed by atoms with E-state index in [9.17, 15) is 4.79 Å². The highest BCUT2D eigenvalue weighted by atomic mass is 79.9. The number of aromatic nitrogens is 1. The Hall–Kier alpha value is -1.96. The van der Waals surface area contributed by atoms with Gasteiger partial charge in [-0.25, -0.2) is 0 Å². The van der Waals surface area contributed by atoms with Gasteiger partial charge in [0.1, 0.15) is 0 Å². The van der Waals surface area contributed by atoms with E-state index in [0.717, 1.165) is 10.0 Å². The smallest absolute Gasteiger partial charge is 0.273 e. The maximum Gasteiger partial charge on any atom is 0.273 e. The minimum absolute atomic E-state index is 0.127. The van der Waals surface area contributed by atoms with Crippen molar-refractivity contribution in [1.82, 2.24) is 15.4 Å². The van der Waals surface area contributed by atoms with Crippen LogP contribution in [0, 0.1) is 0 Å². The molecular weight excluding hydrogens is 402 g/mol. The average molecular weight is 420 g/mol. The molecule has 0 bridgehead atoms.